The summed E-state index contributed by atoms with van der Waals surface area (Å²) in [5.74, 6) is 0.956. The van der Waals surface area contributed by atoms with Gasteiger partial charge in [-0.1, -0.05) is 30.3 Å². The molecule has 2 aromatic heterocycles. The minimum atomic E-state index is 0.915. The highest BCUT2D eigenvalue weighted by Gasteiger charge is 2.17. The predicted octanol–water partition coefficient (Wildman–Crippen LogP) is 3.56. The summed E-state index contributed by atoms with van der Waals surface area (Å²) in [6.45, 7) is 6.01. The summed E-state index contributed by atoms with van der Waals surface area (Å²) in [6, 6.07) is 18.6. The second-order valence-electron chi connectivity index (χ2n) is 6.63. The van der Waals surface area contributed by atoms with Crippen LogP contribution in [0.3, 0.4) is 0 Å². The van der Waals surface area contributed by atoms with Crippen molar-refractivity contribution < 1.29 is 0 Å². The maximum Gasteiger partial charge on any atom is 0.151 e. The van der Waals surface area contributed by atoms with Crippen molar-refractivity contribution in [3.63, 3.8) is 0 Å². The number of hydrogen-bond acceptors (Lipinski definition) is 5. The van der Waals surface area contributed by atoms with Crippen LogP contribution in [0.15, 0.2) is 60.8 Å². The normalized spacial score (nSPS) is 15.0. The second kappa shape index (κ2) is 7.52. The molecule has 1 fully saturated rings. The van der Waals surface area contributed by atoms with Gasteiger partial charge in [0.2, 0.25) is 0 Å². The van der Waals surface area contributed by atoms with Crippen molar-refractivity contribution in [2.75, 3.05) is 36.0 Å². The topological polar surface area (TPSA) is 45.2 Å². The van der Waals surface area contributed by atoms with E-state index in [4.69, 9.17) is 0 Å². The highest BCUT2D eigenvalue weighted by molar-refractivity contribution is 5.59. The number of pyridine rings is 1. The quantitative estimate of drug-likeness (QED) is 0.726. The molecule has 1 aromatic carbocycles. The summed E-state index contributed by atoms with van der Waals surface area (Å²) in [5, 5.41) is 8.91. The van der Waals surface area contributed by atoms with Crippen LogP contribution >= 0.6 is 0 Å². The van der Waals surface area contributed by atoms with Crippen molar-refractivity contribution in [3.05, 3.63) is 66.5 Å². The molecule has 5 nitrogen and oxygen atoms in total. The molecular weight excluding hydrogens is 322 g/mol. The van der Waals surface area contributed by atoms with Crippen molar-refractivity contribution in [2.45, 2.75) is 13.3 Å². The Bertz CT molecular complexity index is 848. The largest absolute Gasteiger partial charge is 0.370 e. The Hall–Kier alpha value is -2.95. The van der Waals surface area contributed by atoms with E-state index in [1.165, 1.54) is 5.69 Å². The smallest absolute Gasteiger partial charge is 0.151 e. The van der Waals surface area contributed by atoms with Crippen LogP contribution in [0.1, 0.15) is 12.1 Å². The first-order chi connectivity index (χ1) is 12.8. The number of hydrogen-bond donors (Lipinski definition) is 0. The number of rotatable bonds is 3. The minimum Gasteiger partial charge on any atom is -0.370 e. The molecule has 0 radical (unpaired) electrons. The van der Waals surface area contributed by atoms with E-state index in [-0.39, 0.29) is 0 Å². The number of aromatic nitrogens is 3. The third-order valence-electron chi connectivity index (χ3n) is 4.79. The standard InChI is InChI=1S/C21H23N5/c1-17-16-19(10-11-22-17)25-12-5-13-26(15-14-25)21-9-8-20(23-24-21)18-6-3-2-4-7-18/h2-4,6-11,16H,5,12-15H2,1H3. The van der Waals surface area contributed by atoms with Gasteiger partial charge in [-0.15, -0.1) is 10.2 Å². The molecule has 0 saturated carbocycles. The van der Waals surface area contributed by atoms with E-state index in [1.54, 1.807) is 0 Å². The molecule has 0 aliphatic carbocycles. The first-order valence-electron chi connectivity index (χ1n) is 9.11. The van der Waals surface area contributed by atoms with Gasteiger partial charge in [-0.25, -0.2) is 0 Å². The Morgan fingerprint density at radius 3 is 2.38 bits per heavy atom. The molecule has 1 saturated heterocycles. The zero-order valence-corrected chi connectivity index (χ0v) is 15.0. The molecule has 0 unspecified atom stereocenters. The summed E-state index contributed by atoms with van der Waals surface area (Å²) < 4.78 is 0. The van der Waals surface area contributed by atoms with Gasteiger partial charge in [0.15, 0.2) is 5.82 Å². The van der Waals surface area contributed by atoms with Gasteiger partial charge in [-0.3, -0.25) is 4.98 Å². The molecule has 4 rings (SSSR count). The molecule has 1 aliphatic heterocycles. The van der Waals surface area contributed by atoms with E-state index in [1.807, 2.05) is 31.3 Å². The predicted molar refractivity (Wildman–Crippen MR) is 105 cm³/mol. The Morgan fingerprint density at radius 1 is 0.808 bits per heavy atom. The third kappa shape index (κ3) is 3.67. The van der Waals surface area contributed by atoms with E-state index in [0.717, 1.165) is 55.4 Å². The molecule has 3 aromatic rings. The molecule has 1 aliphatic rings. The van der Waals surface area contributed by atoms with Crippen molar-refractivity contribution in [2.24, 2.45) is 0 Å². The lowest BCUT2D eigenvalue weighted by Gasteiger charge is -2.24. The maximum atomic E-state index is 4.48. The first-order valence-corrected chi connectivity index (χ1v) is 9.11. The van der Waals surface area contributed by atoms with Crippen molar-refractivity contribution in [1.29, 1.82) is 0 Å². The van der Waals surface area contributed by atoms with E-state index >= 15 is 0 Å². The Morgan fingerprint density at radius 2 is 1.62 bits per heavy atom. The van der Waals surface area contributed by atoms with Gasteiger partial charge in [0.25, 0.3) is 0 Å². The molecular formula is C21H23N5. The van der Waals surface area contributed by atoms with Gasteiger partial charge in [-0.05, 0) is 37.6 Å². The van der Waals surface area contributed by atoms with Gasteiger partial charge < -0.3 is 9.80 Å². The van der Waals surface area contributed by atoms with E-state index in [2.05, 4.69) is 61.4 Å². The third-order valence-corrected chi connectivity index (χ3v) is 4.79. The van der Waals surface area contributed by atoms with Crippen LogP contribution in [0, 0.1) is 6.92 Å². The number of anilines is 2. The monoisotopic (exact) mass is 345 g/mol. The minimum absolute atomic E-state index is 0.915. The lowest BCUT2D eigenvalue weighted by Crippen LogP contribution is -2.31. The van der Waals surface area contributed by atoms with Crippen LogP contribution in [0.4, 0.5) is 11.5 Å². The van der Waals surface area contributed by atoms with Gasteiger partial charge in [-0.2, -0.15) is 0 Å². The van der Waals surface area contributed by atoms with Gasteiger partial charge in [0.05, 0.1) is 5.69 Å². The summed E-state index contributed by atoms with van der Waals surface area (Å²) in [7, 11) is 0. The van der Waals surface area contributed by atoms with Gasteiger partial charge in [0, 0.05) is 49.3 Å². The molecule has 0 atom stereocenters. The Labute approximate surface area is 154 Å². The molecule has 0 amide bonds. The van der Waals surface area contributed by atoms with Gasteiger partial charge >= 0.3 is 0 Å². The van der Waals surface area contributed by atoms with Crippen LogP contribution < -0.4 is 9.80 Å². The van der Waals surface area contributed by atoms with Crippen LogP contribution in [-0.4, -0.2) is 41.4 Å². The fourth-order valence-electron chi connectivity index (χ4n) is 3.39. The fourth-order valence-corrected chi connectivity index (χ4v) is 3.39. The van der Waals surface area contributed by atoms with Crippen LogP contribution in [0.25, 0.3) is 11.3 Å². The maximum absolute atomic E-state index is 4.48. The van der Waals surface area contributed by atoms with Crippen molar-refractivity contribution in [1.82, 2.24) is 15.2 Å². The fraction of sp³-hybridized carbons (Fsp3) is 0.286. The van der Waals surface area contributed by atoms with Gasteiger partial charge in [0.1, 0.15) is 0 Å². The Kier molecular flexibility index (Phi) is 4.78. The number of aryl methyl sites for hydroxylation is 1. The molecule has 132 valence electrons. The average molecular weight is 345 g/mol. The summed E-state index contributed by atoms with van der Waals surface area (Å²) in [5.41, 5.74) is 4.33. The summed E-state index contributed by atoms with van der Waals surface area (Å²) in [6.07, 6.45) is 2.99. The molecule has 26 heavy (non-hydrogen) atoms. The zero-order chi connectivity index (χ0) is 17.8. The van der Waals surface area contributed by atoms with Crippen LogP contribution in [0.2, 0.25) is 0 Å². The number of nitrogens with zero attached hydrogens (tertiary/aromatic N) is 5. The zero-order valence-electron chi connectivity index (χ0n) is 15.0. The molecule has 0 spiro atoms. The SMILES string of the molecule is Cc1cc(N2CCCN(c3ccc(-c4ccccc4)nn3)CC2)ccn1. The summed E-state index contributed by atoms with van der Waals surface area (Å²) in [4.78, 5) is 9.06. The molecule has 0 bridgehead atoms. The van der Waals surface area contributed by atoms with Crippen LogP contribution in [-0.2, 0) is 0 Å². The van der Waals surface area contributed by atoms with Crippen molar-refractivity contribution >= 4 is 11.5 Å². The van der Waals surface area contributed by atoms with E-state index in [0.29, 0.717) is 0 Å². The first kappa shape index (κ1) is 16.5. The lowest BCUT2D eigenvalue weighted by molar-refractivity contribution is 0.787. The molecule has 5 heteroatoms. The highest BCUT2D eigenvalue weighted by Crippen LogP contribution is 2.21. The average Bonchev–Trinajstić information content (AvgIpc) is 2.95. The van der Waals surface area contributed by atoms with Crippen molar-refractivity contribution in [3.8, 4) is 11.3 Å². The Balaban J connectivity index is 1.46. The summed E-state index contributed by atoms with van der Waals surface area (Å²) >= 11 is 0. The highest BCUT2D eigenvalue weighted by atomic mass is 15.3. The van der Waals surface area contributed by atoms with E-state index in [9.17, 15) is 0 Å². The number of benzene rings is 1. The van der Waals surface area contributed by atoms with E-state index < -0.39 is 0 Å². The van der Waals surface area contributed by atoms with Crippen LogP contribution in [0.5, 0.6) is 0 Å². The lowest BCUT2D eigenvalue weighted by atomic mass is 10.1. The molecule has 3 heterocycles. The molecule has 0 N–H and O–H groups in total. The second-order valence-corrected chi connectivity index (χ2v) is 6.63.